The number of cyclic esters (lactones) is 1. The number of carbonyl (C=O) groups is 5. The summed E-state index contributed by atoms with van der Waals surface area (Å²) in [5.41, 5.74) is 0.582. The Balaban J connectivity index is 1.61. The van der Waals surface area contributed by atoms with E-state index in [1.807, 2.05) is 0 Å². The van der Waals surface area contributed by atoms with Gasteiger partial charge >= 0.3 is 5.97 Å². The summed E-state index contributed by atoms with van der Waals surface area (Å²) in [4.78, 5) is 62.9. The summed E-state index contributed by atoms with van der Waals surface area (Å²) in [6.45, 7) is 5.31. The maximum atomic E-state index is 13.1. The molecule has 2 fully saturated rings. The van der Waals surface area contributed by atoms with Crippen molar-refractivity contribution in [2.24, 2.45) is 0 Å². The van der Waals surface area contributed by atoms with E-state index in [-0.39, 0.29) is 22.9 Å². The van der Waals surface area contributed by atoms with Crippen LogP contribution in [0.1, 0.15) is 50.4 Å². The molecule has 2 unspecified atom stereocenters. The molecule has 4 atom stereocenters. The molecule has 0 radical (unpaired) electrons. The second kappa shape index (κ2) is 11.5. The van der Waals surface area contributed by atoms with Gasteiger partial charge in [-0.05, 0) is 44.9 Å². The number of hydrogen-bond acceptors (Lipinski definition) is 7. The van der Waals surface area contributed by atoms with Crippen molar-refractivity contribution in [3.8, 4) is 0 Å². The van der Waals surface area contributed by atoms with Gasteiger partial charge in [0.1, 0.15) is 18.1 Å². The quantitative estimate of drug-likeness (QED) is 0.448. The predicted octanol–water partition coefficient (Wildman–Crippen LogP) is 1.20. The molecular weight excluding hydrogens is 480 g/mol. The van der Waals surface area contributed by atoms with Crippen molar-refractivity contribution in [3.05, 3.63) is 28.8 Å². The summed E-state index contributed by atoms with van der Waals surface area (Å²) in [6, 6.07) is 2.11. The van der Waals surface area contributed by atoms with Gasteiger partial charge < -0.3 is 30.3 Å². The van der Waals surface area contributed by atoms with Crippen LogP contribution >= 0.6 is 11.6 Å². The Morgan fingerprint density at radius 2 is 2.03 bits per heavy atom. The fraction of sp³-hybridized carbons (Fsp3) is 0.522. The van der Waals surface area contributed by atoms with Crippen LogP contribution in [0.2, 0.25) is 5.02 Å². The molecule has 1 aromatic rings. The number of nitrogens with one attached hydrogen (secondary N) is 3. The Morgan fingerprint density at radius 3 is 2.69 bits per heavy atom. The van der Waals surface area contributed by atoms with Gasteiger partial charge in [-0.2, -0.15) is 0 Å². The van der Waals surface area contributed by atoms with Gasteiger partial charge in [-0.3, -0.25) is 24.0 Å². The number of rotatable bonds is 8. The fourth-order valence-electron chi connectivity index (χ4n) is 4.09. The van der Waals surface area contributed by atoms with E-state index in [4.69, 9.17) is 21.1 Å². The highest BCUT2D eigenvalue weighted by Crippen LogP contribution is 2.24. The van der Waals surface area contributed by atoms with E-state index >= 15 is 0 Å². The molecule has 35 heavy (non-hydrogen) atoms. The molecule has 3 N–H and O–H groups in total. The zero-order chi connectivity index (χ0) is 25.7. The van der Waals surface area contributed by atoms with Crippen molar-refractivity contribution in [1.29, 1.82) is 0 Å². The molecule has 12 heteroatoms. The standard InChI is InChI=1S/C23H29ClN4O7/c1-4-34-23-17(11-19(30)35-23)27-21(32)18-6-5-9-28(18)22(33)12(2)25-20(31)14-7-8-16(15(24)10-14)26-13(3)29/h7-8,10,12,17-18,23H,4-6,9,11H2,1-3H3,(H,25,31)(H,26,29)(H,27,32)/t12-,17?,18-,23?/m0/s1. The number of carbonyl (C=O) groups excluding carboxylic acids is 5. The molecule has 0 saturated carbocycles. The summed E-state index contributed by atoms with van der Waals surface area (Å²) >= 11 is 6.13. The Hall–Kier alpha value is -3.18. The monoisotopic (exact) mass is 508 g/mol. The smallest absolute Gasteiger partial charge is 0.310 e. The topological polar surface area (TPSA) is 143 Å². The van der Waals surface area contributed by atoms with Crippen LogP contribution in [0.5, 0.6) is 0 Å². The van der Waals surface area contributed by atoms with Gasteiger partial charge in [0.2, 0.25) is 24.0 Å². The van der Waals surface area contributed by atoms with Crippen LogP contribution in [0.4, 0.5) is 5.69 Å². The van der Waals surface area contributed by atoms with Gasteiger partial charge in [-0.15, -0.1) is 0 Å². The lowest BCUT2D eigenvalue weighted by Gasteiger charge is -2.28. The van der Waals surface area contributed by atoms with Crippen LogP contribution in [-0.2, 0) is 28.7 Å². The molecule has 4 amide bonds. The Labute approximate surface area is 207 Å². The number of hydrogen-bond donors (Lipinski definition) is 3. The third-order valence-electron chi connectivity index (χ3n) is 5.72. The van der Waals surface area contributed by atoms with Crippen LogP contribution in [0, 0.1) is 0 Å². The first-order valence-corrected chi connectivity index (χ1v) is 11.8. The third kappa shape index (κ3) is 6.49. The molecular formula is C23H29ClN4O7. The summed E-state index contributed by atoms with van der Waals surface area (Å²) in [7, 11) is 0. The van der Waals surface area contributed by atoms with Gasteiger partial charge in [-0.25, -0.2) is 0 Å². The number of likely N-dealkylation sites (tertiary alicyclic amines) is 1. The largest absolute Gasteiger partial charge is 0.433 e. The van der Waals surface area contributed by atoms with Gasteiger partial charge in [-0.1, -0.05) is 11.6 Å². The molecule has 2 saturated heterocycles. The number of esters is 1. The van der Waals surface area contributed by atoms with E-state index in [0.717, 1.165) is 0 Å². The highest BCUT2D eigenvalue weighted by atomic mass is 35.5. The van der Waals surface area contributed by atoms with E-state index in [9.17, 15) is 24.0 Å². The molecule has 2 aliphatic heterocycles. The molecule has 2 aliphatic rings. The molecule has 3 rings (SSSR count). The third-order valence-corrected chi connectivity index (χ3v) is 6.03. The average molecular weight is 509 g/mol. The number of nitrogens with zero attached hydrogens (tertiary/aromatic N) is 1. The van der Waals surface area contributed by atoms with Gasteiger partial charge in [0.05, 0.1) is 17.1 Å². The molecule has 11 nitrogen and oxygen atoms in total. The first kappa shape index (κ1) is 26.4. The molecule has 0 aromatic heterocycles. The lowest BCUT2D eigenvalue weighted by atomic mass is 10.1. The van der Waals surface area contributed by atoms with Crippen LogP contribution < -0.4 is 16.0 Å². The maximum absolute atomic E-state index is 13.1. The van der Waals surface area contributed by atoms with E-state index in [1.165, 1.54) is 36.9 Å². The van der Waals surface area contributed by atoms with Crippen molar-refractivity contribution >= 4 is 46.9 Å². The number of anilines is 1. The van der Waals surface area contributed by atoms with Crippen LogP contribution in [0.3, 0.4) is 0 Å². The summed E-state index contributed by atoms with van der Waals surface area (Å²) < 4.78 is 10.4. The molecule has 0 aliphatic carbocycles. The number of halogens is 1. The summed E-state index contributed by atoms with van der Waals surface area (Å²) in [6.07, 6.45) is 0.218. The lowest BCUT2D eigenvalue weighted by Crippen LogP contribution is -2.54. The Bertz CT molecular complexity index is 1020. The Morgan fingerprint density at radius 1 is 1.29 bits per heavy atom. The van der Waals surface area contributed by atoms with Crippen molar-refractivity contribution in [1.82, 2.24) is 15.5 Å². The molecule has 2 heterocycles. The van der Waals surface area contributed by atoms with Crippen LogP contribution in [0.25, 0.3) is 0 Å². The fourth-order valence-corrected chi connectivity index (χ4v) is 4.32. The molecule has 1 aromatic carbocycles. The SMILES string of the molecule is CCOC1OC(=O)CC1NC(=O)[C@@H]1CCCN1C(=O)[C@H](C)NC(=O)c1ccc(NC(C)=O)c(Cl)c1. The minimum Gasteiger partial charge on any atom is -0.433 e. The molecule has 0 bridgehead atoms. The minimum absolute atomic E-state index is 0.00712. The first-order valence-electron chi connectivity index (χ1n) is 11.4. The van der Waals surface area contributed by atoms with Crippen LogP contribution in [0.15, 0.2) is 18.2 Å². The summed E-state index contributed by atoms with van der Waals surface area (Å²) in [5, 5.41) is 8.13. The second-order valence-electron chi connectivity index (χ2n) is 8.39. The van der Waals surface area contributed by atoms with Crippen molar-refractivity contribution in [2.45, 2.75) is 64.4 Å². The van der Waals surface area contributed by atoms with Gasteiger partial charge in [0, 0.05) is 25.6 Å². The normalized spacial score (nSPS) is 22.3. The number of amides is 4. The van der Waals surface area contributed by atoms with Crippen molar-refractivity contribution in [3.63, 3.8) is 0 Å². The molecule has 190 valence electrons. The average Bonchev–Trinajstić information content (AvgIpc) is 3.41. The zero-order valence-electron chi connectivity index (χ0n) is 19.8. The van der Waals surface area contributed by atoms with Gasteiger partial charge in [0.25, 0.3) is 5.91 Å². The minimum atomic E-state index is -0.905. The lowest BCUT2D eigenvalue weighted by molar-refractivity contribution is -0.164. The summed E-state index contributed by atoms with van der Waals surface area (Å²) in [5.74, 6) is -2.09. The molecule has 0 spiro atoms. The van der Waals surface area contributed by atoms with Crippen LogP contribution in [-0.4, -0.2) is 72.1 Å². The highest BCUT2D eigenvalue weighted by molar-refractivity contribution is 6.34. The first-order chi connectivity index (χ1) is 16.6. The van der Waals surface area contributed by atoms with Crippen molar-refractivity contribution in [2.75, 3.05) is 18.5 Å². The maximum Gasteiger partial charge on any atom is 0.310 e. The van der Waals surface area contributed by atoms with E-state index in [0.29, 0.717) is 31.7 Å². The Kier molecular flexibility index (Phi) is 8.68. The van der Waals surface area contributed by atoms with Crippen molar-refractivity contribution < 1.29 is 33.4 Å². The van der Waals surface area contributed by atoms with Gasteiger partial charge in [0.15, 0.2) is 0 Å². The number of benzene rings is 1. The number of ether oxygens (including phenoxy) is 2. The van der Waals surface area contributed by atoms with E-state index < -0.39 is 48.1 Å². The van der Waals surface area contributed by atoms with E-state index in [1.54, 1.807) is 6.92 Å². The zero-order valence-corrected chi connectivity index (χ0v) is 20.5. The van der Waals surface area contributed by atoms with E-state index in [2.05, 4.69) is 16.0 Å². The second-order valence-corrected chi connectivity index (χ2v) is 8.80. The highest BCUT2D eigenvalue weighted by Gasteiger charge is 2.41. The predicted molar refractivity (Wildman–Crippen MR) is 125 cm³/mol.